The van der Waals surface area contributed by atoms with E-state index in [4.69, 9.17) is 33.2 Å². The Bertz CT molecular complexity index is 731. The number of aliphatic hydroxyl groups excluding tert-OH is 10. The van der Waals surface area contributed by atoms with Crippen LogP contribution in [0.25, 0.3) is 0 Å². The lowest BCUT2D eigenvalue weighted by molar-refractivity contribution is -0.272. The van der Waals surface area contributed by atoms with Gasteiger partial charge in [-0.25, -0.2) is 0 Å². The van der Waals surface area contributed by atoms with Gasteiger partial charge in [0.05, 0.1) is 26.4 Å². The third-order valence-corrected chi connectivity index (χ3v) is 6.81. The maximum absolute atomic E-state index is 10.8. The second kappa shape index (κ2) is 12.2. The van der Waals surface area contributed by atoms with Gasteiger partial charge in [-0.3, -0.25) is 0 Å². The van der Waals surface area contributed by atoms with Gasteiger partial charge in [-0.15, -0.1) is 0 Å². The SMILES string of the molecule is OC[C@@H]1O[C@H](O[C@@H]2[C@@H](O)[C@@H](O[C@H]3[C@@H](O[C@@H]4[C@@H](O)[C@H](CO)O[C@@H]4O)O[C@@H](CO)[C@@H]3O)O[C@H]2CO)[C@H](O)[C@H]1O. The van der Waals surface area contributed by atoms with E-state index in [0.29, 0.717) is 0 Å². The van der Waals surface area contributed by atoms with Crippen molar-refractivity contribution in [3.05, 3.63) is 0 Å². The maximum atomic E-state index is 10.8. The molecular weight excluding hydrogens is 512 g/mol. The molecule has 4 aliphatic rings. The lowest BCUT2D eigenvalue weighted by Crippen LogP contribution is -2.47. The zero-order valence-electron chi connectivity index (χ0n) is 19.4. The van der Waals surface area contributed by atoms with E-state index < -0.39 is 125 Å². The molecule has 0 aromatic heterocycles. The fraction of sp³-hybridized carbons (Fsp3) is 1.00. The molecule has 37 heavy (non-hydrogen) atoms. The monoisotopic (exact) mass is 546 g/mol. The summed E-state index contributed by atoms with van der Waals surface area (Å²) >= 11 is 0. The molecule has 0 amide bonds. The highest BCUT2D eigenvalue weighted by Gasteiger charge is 2.55. The smallest absolute Gasteiger partial charge is 0.187 e. The zero-order chi connectivity index (χ0) is 27.0. The molecule has 17 heteroatoms. The maximum Gasteiger partial charge on any atom is 0.187 e. The lowest BCUT2D eigenvalue weighted by atomic mass is 10.1. The van der Waals surface area contributed by atoms with Gasteiger partial charge in [0.1, 0.15) is 73.2 Å². The van der Waals surface area contributed by atoms with E-state index in [-0.39, 0.29) is 0 Å². The lowest BCUT2D eigenvalue weighted by Gasteiger charge is -2.29. The summed E-state index contributed by atoms with van der Waals surface area (Å²) in [4.78, 5) is 0. The molecule has 216 valence electrons. The number of aliphatic hydroxyl groups is 10. The molecule has 0 aromatic carbocycles. The molecule has 10 N–H and O–H groups in total. The summed E-state index contributed by atoms with van der Waals surface area (Å²) in [6.45, 7) is -2.58. The Labute approximate surface area is 209 Å². The van der Waals surface area contributed by atoms with Crippen LogP contribution in [0.5, 0.6) is 0 Å². The van der Waals surface area contributed by atoms with Gasteiger partial charge in [0.2, 0.25) is 0 Å². The Kier molecular flexibility index (Phi) is 9.69. The Hall–Kier alpha value is -0.680. The van der Waals surface area contributed by atoms with Crippen LogP contribution in [0.3, 0.4) is 0 Å². The predicted molar refractivity (Wildman–Crippen MR) is 110 cm³/mol. The van der Waals surface area contributed by atoms with Crippen LogP contribution in [0.1, 0.15) is 0 Å². The number of ether oxygens (including phenoxy) is 7. The van der Waals surface area contributed by atoms with E-state index in [1.807, 2.05) is 0 Å². The third-order valence-electron chi connectivity index (χ3n) is 6.81. The molecule has 0 aromatic rings. The molecule has 4 saturated heterocycles. The Morgan fingerprint density at radius 3 is 1.41 bits per heavy atom. The Morgan fingerprint density at radius 1 is 0.405 bits per heavy atom. The summed E-state index contributed by atoms with van der Waals surface area (Å²) in [5.41, 5.74) is 0. The van der Waals surface area contributed by atoms with Crippen molar-refractivity contribution in [2.75, 3.05) is 26.4 Å². The van der Waals surface area contributed by atoms with Gasteiger partial charge in [0.25, 0.3) is 0 Å². The topological polar surface area (TPSA) is 267 Å². The van der Waals surface area contributed by atoms with Crippen LogP contribution in [-0.4, -0.2) is 176 Å². The summed E-state index contributed by atoms with van der Waals surface area (Å²) in [6.07, 6.45) is -22.9. The zero-order valence-corrected chi connectivity index (χ0v) is 19.4. The highest BCUT2D eigenvalue weighted by atomic mass is 16.8. The Morgan fingerprint density at radius 2 is 0.838 bits per heavy atom. The fourth-order valence-corrected chi connectivity index (χ4v) is 4.70. The second-order valence-electron chi connectivity index (χ2n) is 9.18. The van der Waals surface area contributed by atoms with E-state index in [1.165, 1.54) is 0 Å². The van der Waals surface area contributed by atoms with Gasteiger partial charge in [0.15, 0.2) is 25.2 Å². The number of hydrogen-bond acceptors (Lipinski definition) is 17. The standard InChI is InChI=1S/C20H34O17/c21-1-5-9(25)12(28)18(32-5)35-14-8(4-24)34-19(13(14)29)37-16-11(27)7(3-23)33-20(16)36-15-10(26)6(2-22)31-17(15)30/h5-30H,1-4H2/t5-,6-,7-,8-,9-,10-,11-,12+,13+,14-,15+,16+,17-,18+,19+,20+/m0/s1. The highest BCUT2D eigenvalue weighted by Crippen LogP contribution is 2.35. The van der Waals surface area contributed by atoms with Crippen LogP contribution in [0.4, 0.5) is 0 Å². The summed E-state index contributed by atoms with van der Waals surface area (Å²) < 4.78 is 37.9. The third kappa shape index (κ3) is 5.65. The van der Waals surface area contributed by atoms with Crippen molar-refractivity contribution in [1.29, 1.82) is 0 Å². The van der Waals surface area contributed by atoms with Gasteiger partial charge >= 0.3 is 0 Å². The van der Waals surface area contributed by atoms with Gasteiger partial charge in [0, 0.05) is 0 Å². The van der Waals surface area contributed by atoms with Crippen LogP contribution < -0.4 is 0 Å². The molecule has 4 aliphatic heterocycles. The molecule has 16 atom stereocenters. The van der Waals surface area contributed by atoms with Crippen molar-refractivity contribution < 1.29 is 84.2 Å². The molecule has 17 nitrogen and oxygen atoms in total. The van der Waals surface area contributed by atoms with Crippen LogP contribution in [-0.2, 0) is 33.2 Å². The van der Waals surface area contributed by atoms with Crippen molar-refractivity contribution in [3.8, 4) is 0 Å². The molecule has 4 heterocycles. The first-order valence-corrected chi connectivity index (χ1v) is 11.7. The van der Waals surface area contributed by atoms with Gasteiger partial charge in [-0.05, 0) is 0 Å². The Balaban J connectivity index is 1.44. The van der Waals surface area contributed by atoms with E-state index in [2.05, 4.69) is 0 Å². The van der Waals surface area contributed by atoms with Crippen LogP contribution in [0, 0.1) is 0 Å². The van der Waals surface area contributed by atoms with E-state index in [0.717, 1.165) is 0 Å². The minimum Gasteiger partial charge on any atom is -0.394 e. The van der Waals surface area contributed by atoms with Crippen molar-refractivity contribution in [2.24, 2.45) is 0 Å². The van der Waals surface area contributed by atoms with Crippen molar-refractivity contribution in [3.63, 3.8) is 0 Å². The van der Waals surface area contributed by atoms with E-state index >= 15 is 0 Å². The van der Waals surface area contributed by atoms with Gasteiger partial charge in [-0.2, -0.15) is 0 Å². The molecule has 4 rings (SSSR count). The minimum atomic E-state index is -1.66. The summed E-state index contributed by atoms with van der Waals surface area (Å²) in [6, 6.07) is 0. The fourth-order valence-electron chi connectivity index (χ4n) is 4.70. The molecule has 0 spiro atoms. The minimum absolute atomic E-state index is 0.613. The first-order chi connectivity index (χ1) is 17.6. The molecular formula is C20H34O17. The predicted octanol–water partition coefficient (Wildman–Crippen LogP) is -7.19. The van der Waals surface area contributed by atoms with Gasteiger partial charge < -0.3 is 84.2 Å². The molecule has 0 unspecified atom stereocenters. The van der Waals surface area contributed by atoms with E-state index in [9.17, 15) is 51.1 Å². The summed E-state index contributed by atoms with van der Waals surface area (Å²) in [5, 5.41) is 99.4. The van der Waals surface area contributed by atoms with Crippen molar-refractivity contribution in [2.45, 2.75) is 98.4 Å². The summed E-state index contributed by atoms with van der Waals surface area (Å²) in [5.74, 6) is 0. The highest BCUT2D eigenvalue weighted by molar-refractivity contribution is 4.96. The number of rotatable bonds is 10. The van der Waals surface area contributed by atoms with Crippen LogP contribution >= 0.6 is 0 Å². The van der Waals surface area contributed by atoms with Crippen molar-refractivity contribution >= 4 is 0 Å². The van der Waals surface area contributed by atoms with Crippen LogP contribution in [0.15, 0.2) is 0 Å². The molecule has 4 fully saturated rings. The van der Waals surface area contributed by atoms with Crippen molar-refractivity contribution in [1.82, 2.24) is 0 Å². The molecule has 0 radical (unpaired) electrons. The average Bonchev–Trinajstić information content (AvgIpc) is 3.55. The summed E-state index contributed by atoms with van der Waals surface area (Å²) in [7, 11) is 0. The first-order valence-electron chi connectivity index (χ1n) is 11.7. The quantitative estimate of drug-likeness (QED) is 0.122. The first kappa shape index (κ1) is 29.3. The van der Waals surface area contributed by atoms with Crippen LogP contribution in [0.2, 0.25) is 0 Å². The van der Waals surface area contributed by atoms with Gasteiger partial charge in [-0.1, -0.05) is 0 Å². The molecule has 0 aliphatic carbocycles. The molecule has 0 bridgehead atoms. The molecule has 0 saturated carbocycles. The number of hydrogen-bond donors (Lipinski definition) is 10. The average molecular weight is 546 g/mol. The second-order valence-corrected chi connectivity index (χ2v) is 9.18. The van der Waals surface area contributed by atoms with E-state index in [1.54, 1.807) is 0 Å². The largest absolute Gasteiger partial charge is 0.394 e. The normalized spacial score (nSPS) is 52.4.